The van der Waals surface area contributed by atoms with Crippen LogP contribution in [0.1, 0.15) is 10.4 Å². The average molecular weight is 314 g/mol. The van der Waals surface area contributed by atoms with Crippen LogP contribution in [0.3, 0.4) is 0 Å². The number of carboxylic acids is 1. The number of rotatable bonds is 4. The molecule has 6 heteroatoms. The molecule has 4 nitrogen and oxygen atoms in total. The molecule has 3 aromatic rings. The summed E-state index contributed by atoms with van der Waals surface area (Å²) in [6.45, 7) is 0. The van der Waals surface area contributed by atoms with Gasteiger partial charge in [-0.25, -0.2) is 14.2 Å². The van der Waals surface area contributed by atoms with Crippen molar-refractivity contribution in [3.8, 4) is 11.3 Å². The number of hydrogen-bond donors (Lipinski definition) is 2. The van der Waals surface area contributed by atoms with Crippen LogP contribution in [0.4, 0.5) is 15.2 Å². The lowest BCUT2D eigenvalue weighted by Gasteiger charge is -2.04. The van der Waals surface area contributed by atoms with Crippen molar-refractivity contribution in [2.24, 2.45) is 0 Å². The van der Waals surface area contributed by atoms with Crippen LogP contribution >= 0.6 is 11.3 Å². The Labute approximate surface area is 129 Å². The van der Waals surface area contributed by atoms with E-state index in [-0.39, 0.29) is 11.4 Å². The van der Waals surface area contributed by atoms with E-state index in [9.17, 15) is 14.3 Å². The van der Waals surface area contributed by atoms with Gasteiger partial charge in [0.05, 0.1) is 16.9 Å². The summed E-state index contributed by atoms with van der Waals surface area (Å²) in [5, 5.41) is 14.4. The molecule has 0 spiro atoms. The Morgan fingerprint density at radius 2 is 1.86 bits per heavy atom. The number of carbonyl (C=O) groups is 1. The van der Waals surface area contributed by atoms with E-state index in [1.165, 1.54) is 23.5 Å². The molecule has 2 aromatic carbocycles. The number of hydrogen-bond acceptors (Lipinski definition) is 4. The van der Waals surface area contributed by atoms with Gasteiger partial charge in [0.15, 0.2) is 5.13 Å². The summed E-state index contributed by atoms with van der Waals surface area (Å²) >= 11 is 1.29. The van der Waals surface area contributed by atoms with Gasteiger partial charge in [-0.2, -0.15) is 0 Å². The standard InChI is InChI=1S/C16H11FN2O2S/c17-12-7-3-4-8-13(12)18-16-19-14(9-22-16)10-5-1-2-6-11(10)15(20)21/h1-9H,(H,18,19)(H,20,21). The fraction of sp³-hybridized carbons (Fsp3) is 0. The Kier molecular flexibility index (Phi) is 3.84. The quantitative estimate of drug-likeness (QED) is 0.749. The van der Waals surface area contributed by atoms with Gasteiger partial charge in [-0.05, 0) is 18.2 Å². The largest absolute Gasteiger partial charge is 0.478 e. The summed E-state index contributed by atoms with van der Waals surface area (Å²) in [7, 11) is 0. The molecule has 0 aliphatic heterocycles. The Bertz CT molecular complexity index is 832. The highest BCUT2D eigenvalue weighted by Crippen LogP contribution is 2.29. The van der Waals surface area contributed by atoms with Crippen molar-refractivity contribution in [2.45, 2.75) is 0 Å². The normalized spacial score (nSPS) is 10.4. The van der Waals surface area contributed by atoms with E-state index < -0.39 is 5.97 Å². The summed E-state index contributed by atoms with van der Waals surface area (Å²) < 4.78 is 13.6. The van der Waals surface area contributed by atoms with Crippen molar-refractivity contribution in [2.75, 3.05) is 5.32 Å². The van der Waals surface area contributed by atoms with Crippen LogP contribution in [0.25, 0.3) is 11.3 Å². The van der Waals surface area contributed by atoms with Gasteiger partial charge >= 0.3 is 5.97 Å². The number of anilines is 2. The van der Waals surface area contributed by atoms with Crippen molar-refractivity contribution < 1.29 is 14.3 Å². The number of nitrogens with one attached hydrogen (secondary N) is 1. The lowest BCUT2D eigenvalue weighted by molar-refractivity contribution is 0.0697. The van der Waals surface area contributed by atoms with Crippen molar-refractivity contribution in [3.63, 3.8) is 0 Å². The molecule has 0 saturated carbocycles. The second-order valence-electron chi connectivity index (χ2n) is 4.49. The maximum atomic E-state index is 13.6. The number of benzene rings is 2. The molecule has 0 amide bonds. The molecule has 0 aliphatic carbocycles. The maximum Gasteiger partial charge on any atom is 0.336 e. The summed E-state index contributed by atoms with van der Waals surface area (Å²) in [4.78, 5) is 15.6. The van der Waals surface area contributed by atoms with Gasteiger partial charge in [-0.15, -0.1) is 11.3 Å². The fourth-order valence-electron chi connectivity index (χ4n) is 2.03. The highest BCUT2D eigenvalue weighted by Gasteiger charge is 2.14. The van der Waals surface area contributed by atoms with Crippen molar-refractivity contribution in [1.82, 2.24) is 4.98 Å². The molecular weight excluding hydrogens is 303 g/mol. The van der Waals surface area contributed by atoms with Gasteiger partial charge in [0, 0.05) is 10.9 Å². The van der Waals surface area contributed by atoms with E-state index in [1.807, 2.05) is 0 Å². The van der Waals surface area contributed by atoms with Crippen LogP contribution < -0.4 is 5.32 Å². The molecule has 0 atom stereocenters. The fourth-order valence-corrected chi connectivity index (χ4v) is 2.75. The van der Waals surface area contributed by atoms with Crippen molar-refractivity contribution in [3.05, 3.63) is 65.3 Å². The summed E-state index contributed by atoms with van der Waals surface area (Å²) in [6, 6.07) is 12.9. The van der Waals surface area contributed by atoms with Crippen LogP contribution in [0.15, 0.2) is 53.9 Å². The molecule has 0 fully saturated rings. The second kappa shape index (κ2) is 5.95. The molecule has 2 N–H and O–H groups in total. The first-order valence-corrected chi connectivity index (χ1v) is 7.33. The SMILES string of the molecule is O=C(O)c1ccccc1-c1csc(Nc2ccccc2F)n1. The smallest absolute Gasteiger partial charge is 0.336 e. The second-order valence-corrected chi connectivity index (χ2v) is 5.35. The zero-order chi connectivity index (χ0) is 15.5. The summed E-state index contributed by atoms with van der Waals surface area (Å²) in [5.41, 5.74) is 1.59. The molecule has 0 saturated heterocycles. The van der Waals surface area contributed by atoms with Crippen molar-refractivity contribution >= 4 is 28.1 Å². The van der Waals surface area contributed by atoms with Gasteiger partial charge in [-0.3, -0.25) is 0 Å². The third-order valence-corrected chi connectivity index (χ3v) is 3.81. The van der Waals surface area contributed by atoms with Crippen LogP contribution in [0.2, 0.25) is 0 Å². The zero-order valence-corrected chi connectivity index (χ0v) is 12.1. The molecule has 110 valence electrons. The Morgan fingerprint density at radius 1 is 1.14 bits per heavy atom. The van der Waals surface area contributed by atoms with Gasteiger partial charge in [0.2, 0.25) is 0 Å². The molecule has 0 bridgehead atoms. The minimum Gasteiger partial charge on any atom is -0.478 e. The van der Waals surface area contributed by atoms with Gasteiger partial charge in [0.1, 0.15) is 5.82 Å². The van der Waals surface area contributed by atoms with E-state index in [0.29, 0.717) is 22.1 Å². The van der Waals surface area contributed by atoms with Crippen LogP contribution in [-0.2, 0) is 0 Å². The lowest BCUT2D eigenvalue weighted by Crippen LogP contribution is -1.99. The van der Waals surface area contributed by atoms with Crippen LogP contribution in [0.5, 0.6) is 0 Å². The first-order valence-electron chi connectivity index (χ1n) is 6.45. The molecule has 1 aromatic heterocycles. The number of aromatic nitrogens is 1. The molecule has 1 heterocycles. The molecule has 0 unspecified atom stereocenters. The predicted molar refractivity (Wildman–Crippen MR) is 84.2 cm³/mol. The van der Waals surface area contributed by atoms with Crippen LogP contribution in [0, 0.1) is 5.82 Å². The number of halogens is 1. The topological polar surface area (TPSA) is 62.2 Å². The van der Waals surface area contributed by atoms with E-state index in [0.717, 1.165) is 0 Å². The Hall–Kier alpha value is -2.73. The Morgan fingerprint density at radius 3 is 2.64 bits per heavy atom. The van der Waals surface area contributed by atoms with E-state index in [4.69, 9.17) is 0 Å². The first-order chi connectivity index (χ1) is 10.6. The summed E-state index contributed by atoms with van der Waals surface area (Å²) in [6.07, 6.45) is 0. The lowest BCUT2D eigenvalue weighted by atomic mass is 10.1. The number of para-hydroxylation sites is 1. The molecule has 22 heavy (non-hydrogen) atoms. The predicted octanol–water partition coefficient (Wildman–Crippen LogP) is 4.39. The van der Waals surface area contributed by atoms with Gasteiger partial charge < -0.3 is 10.4 Å². The van der Waals surface area contributed by atoms with E-state index in [1.54, 1.807) is 41.8 Å². The monoisotopic (exact) mass is 314 g/mol. The number of thiazole rings is 1. The third-order valence-electron chi connectivity index (χ3n) is 3.05. The molecule has 0 aliphatic rings. The Balaban J connectivity index is 1.92. The highest BCUT2D eigenvalue weighted by atomic mass is 32.1. The minimum absolute atomic E-state index is 0.185. The maximum absolute atomic E-state index is 13.6. The minimum atomic E-state index is -1.01. The van der Waals surface area contributed by atoms with Gasteiger partial charge in [-0.1, -0.05) is 30.3 Å². The van der Waals surface area contributed by atoms with Crippen LogP contribution in [-0.4, -0.2) is 16.1 Å². The molecular formula is C16H11FN2O2S. The highest BCUT2D eigenvalue weighted by molar-refractivity contribution is 7.14. The summed E-state index contributed by atoms with van der Waals surface area (Å²) in [5.74, 6) is -1.38. The molecule has 0 radical (unpaired) electrons. The molecule has 3 rings (SSSR count). The number of nitrogens with zero attached hydrogens (tertiary/aromatic N) is 1. The number of aromatic carboxylic acids is 1. The number of carboxylic acid groups (broad SMARTS) is 1. The van der Waals surface area contributed by atoms with E-state index >= 15 is 0 Å². The third kappa shape index (κ3) is 2.82. The first kappa shape index (κ1) is 14.2. The van der Waals surface area contributed by atoms with E-state index in [2.05, 4.69) is 10.3 Å². The zero-order valence-electron chi connectivity index (χ0n) is 11.3. The van der Waals surface area contributed by atoms with Crippen molar-refractivity contribution in [1.29, 1.82) is 0 Å². The average Bonchev–Trinajstić information content (AvgIpc) is 2.98. The van der Waals surface area contributed by atoms with Gasteiger partial charge in [0.25, 0.3) is 0 Å².